The van der Waals surface area contributed by atoms with Gasteiger partial charge in [-0.1, -0.05) is 0 Å². The molecule has 0 aliphatic rings. The molecule has 1 aromatic heterocycles. The molecule has 2 rings (SSSR count). The Labute approximate surface area is 108 Å². The topological polar surface area (TPSA) is 39.4 Å². The number of hydrogen-bond acceptors (Lipinski definition) is 3. The lowest BCUT2D eigenvalue weighted by Gasteiger charge is -2.12. The summed E-state index contributed by atoms with van der Waals surface area (Å²) in [5.74, 6) is -1.73. The molecule has 5 heteroatoms. The molecule has 0 aliphatic heterocycles. The molecule has 0 radical (unpaired) electrons. The van der Waals surface area contributed by atoms with Crippen LogP contribution in [0.5, 0.6) is 5.75 Å². The highest BCUT2D eigenvalue weighted by atomic mass is 19.1. The van der Waals surface area contributed by atoms with E-state index >= 15 is 0 Å². The van der Waals surface area contributed by atoms with Crippen LogP contribution in [0.1, 0.15) is 24.4 Å². The summed E-state index contributed by atoms with van der Waals surface area (Å²) in [7, 11) is 0. The van der Waals surface area contributed by atoms with Gasteiger partial charge >= 0.3 is 0 Å². The number of aldehydes is 1. The number of rotatable bonds is 4. The molecule has 19 heavy (non-hydrogen) atoms. The summed E-state index contributed by atoms with van der Waals surface area (Å²) >= 11 is 0. The third-order valence-corrected chi connectivity index (χ3v) is 2.38. The fourth-order valence-electron chi connectivity index (χ4n) is 1.62. The molecule has 0 amide bonds. The van der Waals surface area contributed by atoms with Gasteiger partial charge < -0.3 is 9.15 Å². The second kappa shape index (κ2) is 5.22. The Kier molecular flexibility index (Phi) is 3.64. The highest BCUT2D eigenvalue weighted by molar-refractivity contribution is 5.72. The summed E-state index contributed by atoms with van der Waals surface area (Å²) in [6.07, 6.45) is 0.187. The van der Waals surface area contributed by atoms with Crippen LogP contribution < -0.4 is 4.74 Å². The lowest BCUT2D eigenvalue weighted by atomic mass is 10.1. The first-order chi connectivity index (χ1) is 9.01. The highest BCUT2D eigenvalue weighted by Crippen LogP contribution is 2.30. The summed E-state index contributed by atoms with van der Waals surface area (Å²) < 4.78 is 37.7. The second-order valence-electron chi connectivity index (χ2n) is 4.26. The molecule has 0 saturated heterocycles. The molecule has 1 aromatic carbocycles. The summed E-state index contributed by atoms with van der Waals surface area (Å²) in [5.41, 5.74) is 0.208. The third kappa shape index (κ3) is 2.81. The van der Waals surface area contributed by atoms with Crippen molar-refractivity contribution in [2.24, 2.45) is 0 Å². The Balaban J connectivity index is 2.41. The monoisotopic (exact) mass is 266 g/mol. The third-order valence-electron chi connectivity index (χ3n) is 2.38. The van der Waals surface area contributed by atoms with Crippen molar-refractivity contribution >= 4 is 6.29 Å². The molecule has 2 aromatic rings. The van der Waals surface area contributed by atoms with E-state index in [0.29, 0.717) is 6.29 Å². The van der Waals surface area contributed by atoms with Crippen LogP contribution in [0.4, 0.5) is 8.78 Å². The maximum absolute atomic E-state index is 13.8. The zero-order valence-corrected chi connectivity index (χ0v) is 10.4. The quantitative estimate of drug-likeness (QED) is 0.789. The van der Waals surface area contributed by atoms with Crippen LogP contribution in [0.2, 0.25) is 0 Å². The van der Waals surface area contributed by atoms with Crippen LogP contribution in [0.25, 0.3) is 11.3 Å². The smallest absolute Gasteiger partial charge is 0.191 e. The SMILES string of the molecule is CC(C)Oc1c(F)cc(-c2ccc(C=O)o2)cc1F. The van der Waals surface area contributed by atoms with Crippen LogP contribution in [0.15, 0.2) is 28.7 Å². The van der Waals surface area contributed by atoms with Crippen molar-refractivity contribution in [3.8, 4) is 17.1 Å². The molecule has 0 aliphatic carbocycles. The summed E-state index contributed by atoms with van der Waals surface area (Å²) in [4.78, 5) is 10.5. The van der Waals surface area contributed by atoms with Gasteiger partial charge in [0, 0.05) is 5.56 Å². The largest absolute Gasteiger partial charge is 0.485 e. The average Bonchev–Trinajstić information content (AvgIpc) is 2.82. The fraction of sp³-hybridized carbons (Fsp3) is 0.214. The molecule has 0 fully saturated rings. The minimum absolute atomic E-state index is 0.0957. The number of benzene rings is 1. The number of furan rings is 1. The Hall–Kier alpha value is -2.17. The van der Waals surface area contributed by atoms with Crippen molar-refractivity contribution in [1.82, 2.24) is 0 Å². The van der Waals surface area contributed by atoms with Gasteiger partial charge in [-0.3, -0.25) is 4.79 Å². The van der Waals surface area contributed by atoms with Crippen molar-refractivity contribution in [1.29, 1.82) is 0 Å². The van der Waals surface area contributed by atoms with Gasteiger partial charge in [0.25, 0.3) is 0 Å². The predicted molar refractivity (Wildman–Crippen MR) is 65.2 cm³/mol. The zero-order valence-electron chi connectivity index (χ0n) is 10.4. The van der Waals surface area contributed by atoms with E-state index in [4.69, 9.17) is 9.15 Å². The van der Waals surface area contributed by atoms with Gasteiger partial charge in [0.1, 0.15) is 5.76 Å². The van der Waals surface area contributed by atoms with Crippen LogP contribution in [0, 0.1) is 11.6 Å². The van der Waals surface area contributed by atoms with E-state index in [9.17, 15) is 13.6 Å². The van der Waals surface area contributed by atoms with Crippen molar-refractivity contribution in [3.05, 3.63) is 41.7 Å². The molecule has 100 valence electrons. The Morgan fingerprint density at radius 1 is 1.21 bits per heavy atom. The van der Waals surface area contributed by atoms with Crippen LogP contribution in [0.3, 0.4) is 0 Å². The van der Waals surface area contributed by atoms with E-state index in [1.165, 1.54) is 12.1 Å². The molecule has 0 saturated carbocycles. The Bertz CT molecular complexity index is 579. The lowest BCUT2D eigenvalue weighted by Crippen LogP contribution is -2.08. The van der Waals surface area contributed by atoms with Gasteiger partial charge in [-0.05, 0) is 38.1 Å². The molecule has 0 bridgehead atoms. The van der Waals surface area contributed by atoms with Crippen molar-refractivity contribution in [2.45, 2.75) is 20.0 Å². The first-order valence-electron chi connectivity index (χ1n) is 5.72. The molecule has 0 spiro atoms. The summed E-state index contributed by atoms with van der Waals surface area (Å²) in [6, 6.07) is 5.11. The summed E-state index contributed by atoms with van der Waals surface area (Å²) in [6.45, 7) is 3.35. The van der Waals surface area contributed by atoms with E-state index in [0.717, 1.165) is 12.1 Å². The highest BCUT2D eigenvalue weighted by Gasteiger charge is 2.16. The Morgan fingerprint density at radius 2 is 1.84 bits per heavy atom. The minimum atomic E-state index is -0.812. The van der Waals surface area contributed by atoms with E-state index < -0.39 is 17.4 Å². The van der Waals surface area contributed by atoms with E-state index in [2.05, 4.69) is 0 Å². The number of hydrogen-bond donors (Lipinski definition) is 0. The molecular weight excluding hydrogens is 254 g/mol. The van der Waals surface area contributed by atoms with Gasteiger partial charge in [0.2, 0.25) is 0 Å². The molecule has 0 atom stereocenters. The van der Waals surface area contributed by atoms with Gasteiger partial charge in [-0.15, -0.1) is 0 Å². The van der Waals surface area contributed by atoms with E-state index in [-0.39, 0.29) is 23.2 Å². The zero-order chi connectivity index (χ0) is 14.0. The maximum Gasteiger partial charge on any atom is 0.191 e. The number of ether oxygens (including phenoxy) is 1. The van der Waals surface area contributed by atoms with E-state index in [1.807, 2.05) is 0 Å². The number of halogens is 2. The van der Waals surface area contributed by atoms with Crippen LogP contribution >= 0.6 is 0 Å². The van der Waals surface area contributed by atoms with E-state index in [1.54, 1.807) is 13.8 Å². The van der Waals surface area contributed by atoms with Gasteiger partial charge in [0.05, 0.1) is 6.10 Å². The standard InChI is InChI=1S/C14H12F2O3/c1-8(2)18-14-11(15)5-9(6-12(14)16)13-4-3-10(7-17)19-13/h3-8H,1-2H3. The van der Waals surface area contributed by atoms with Gasteiger partial charge in [-0.2, -0.15) is 0 Å². The van der Waals surface area contributed by atoms with Crippen LogP contribution in [-0.4, -0.2) is 12.4 Å². The molecular formula is C14H12F2O3. The predicted octanol–water partition coefficient (Wildman–Crippen LogP) is 3.82. The fourth-order valence-corrected chi connectivity index (χ4v) is 1.62. The minimum Gasteiger partial charge on any atom is -0.485 e. The maximum atomic E-state index is 13.8. The van der Waals surface area contributed by atoms with Crippen molar-refractivity contribution < 1.29 is 22.7 Å². The second-order valence-corrected chi connectivity index (χ2v) is 4.26. The number of carbonyl (C=O) groups is 1. The first-order valence-corrected chi connectivity index (χ1v) is 5.72. The lowest BCUT2D eigenvalue weighted by molar-refractivity contribution is 0.110. The van der Waals surface area contributed by atoms with Gasteiger partial charge in [-0.25, -0.2) is 8.78 Å². The first kappa shape index (κ1) is 13.3. The Morgan fingerprint density at radius 3 is 2.32 bits per heavy atom. The molecule has 0 unspecified atom stereocenters. The van der Waals surface area contributed by atoms with Gasteiger partial charge in [0.15, 0.2) is 29.4 Å². The van der Waals surface area contributed by atoms with Crippen LogP contribution in [-0.2, 0) is 0 Å². The summed E-state index contributed by atoms with van der Waals surface area (Å²) in [5, 5.41) is 0. The molecule has 1 heterocycles. The number of carbonyl (C=O) groups excluding carboxylic acids is 1. The molecule has 0 N–H and O–H groups in total. The van der Waals surface area contributed by atoms with Crippen molar-refractivity contribution in [3.63, 3.8) is 0 Å². The van der Waals surface area contributed by atoms with Crippen molar-refractivity contribution in [2.75, 3.05) is 0 Å². The average molecular weight is 266 g/mol. The molecule has 3 nitrogen and oxygen atoms in total. The normalized spacial score (nSPS) is 10.8.